The summed E-state index contributed by atoms with van der Waals surface area (Å²) in [5, 5.41) is 5.31. The topological polar surface area (TPSA) is 67.4 Å². The van der Waals surface area contributed by atoms with Crippen LogP contribution in [-0.4, -0.2) is 40.8 Å². The van der Waals surface area contributed by atoms with E-state index < -0.39 is 5.60 Å². The number of alkyl carbamates (subject to hydrolysis) is 1. The zero-order chi connectivity index (χ0) is 18.2. The third-order valence-electron chi connectivity index (χ3n) is 4.06. The van der Waals surface area contributed by atoms with Crippen LogP contribution < -0.4 is 10.2 Å². The number of hydrogen-bond donors (Lipinski definition) is 1. The summed E-state index contributed by atoms with van der Waals surface area (Å²) in [5.41, 5.74) is 1.56. The second-order valence-electron chi connectivity index (χ2n) is 7.32. The van der Waals surface area contributed by atoms with Crippen LogP contribution in [0.1, 0.15) is 39.2 Å². The molecule has 1 aliphatic heterocycles. The normalized spacial score (nSPS) is 16.3. The maximum atomic E-state index is 11.9. The van der Waals surface area contributed by atoms with E-state index in [1.54, 1.807) is 11.3 Å². The molecule has 0 bridgehead atoms. The predicted octanol–water partition coefficient (Wildman–Crippen LogP) is 4.15. The van der Waals surface area contributed by atoms with Gasteiger partial charge in [0.25, 0.3) is 0 Å². The molecule has 1 saturated heterocycles. The molecule has 0 unspecified atom stereocenters. The second kappa shape index (κ2) is 6.96. The van der Waals surface area contributed by atoms with Gasteiger partial charge in [-0.25, -0.2) is 9.78 Å². The molecule has 2 aromatic rings. The highest BCUT2D eigenvalue weighted by molar-refractivity contribution is 7.18. The Hall–Kier alpha value is -1.60. The zero-order valence-electron chi connectivity index (χ0n) is 14.9. The first-order chi connectivity index (χ1) is 11.7. The lowest BCUT2D eigenvalue weighted by Crippen LogP contribution is -2.46. The molecule has 0 aromatic carbocycles. The van der Waals surface area contributed by atoms with Gasteiger partial charge in [0.15, 0.2) is 5.82 Å². The maximum Gasteiger partial charge on any atom is 0.407 e. The molecule has 1 N–H and O–H groups in total. The number of amides is 1. The number of hydrogen-bond acceptors (Lipinski definition) is 6. The summed E-state index contributed by atoms with van der Waals surface area (Å²) in [7, 11) is 0. The van der Waals surface area contributed by atoms with E-state index in [1.807, 2.05) is 27.7 Å². The Bertz CT molecular complexity index is 779. The lowest BCUT2D eigenvalue weighted by molar-refractivity contribution is 0.0497. The monoisotopic (exact) mass is 382 g/mol. The van der Waals surface area contributed by atoms with Gasteiger partial charge in [-0.3, -0.25) is 0 Å². The van der Waals surface area contributed by atoms with Crippen molar-refractivity contribution < 1.29 is 9.53 Å². The van der Waals surface area contributed by atoms with E-state index in [1.165, 1.54) is 0 Å². The van der Waals surface area contributed by atoms with Gasteiger partial charge in [-0.1, -0.05) is 0 Å². The number of carbonyl (C=O) groups excluding carboxylic acids is 1. The third kappa shape index (κ3) is 4.33. The van der Waals surface area contributed by atoms with Crippen LogP contribution in [0.3, 0.4) is 0 Å². The van der Waals surface area contributed by atoms with E-state index in [9.17, 15) is 4.79 Å². The number of ether oxygens (including phenoxy) is 1. The van der Waals surface area contributed by atoms with Gasteiger partial charge in [-0.15, -0.1) is 11.3 Å². The quantitative estimate of drug-likeness (QED) is 0.790. The number of rotatable bonds is 2. The minimum absolute atomic E-state index is 0.115. The van der Waals surface area contributed by atoms with Gasteiger partial charge in [0.1, 0.15) is 5.60 Å². The molecule has 0 saturated carbocycles. The molecule has 1 fully saturated rings. The molecule has 1 aliphatic rings. The number of fused-ring (bicyclic) bond motifs is 1. The summed E-state index contributed by atoms with van der Waals surface area (Å²) < 4.78 is 6.40. The molecule has 8 heteroatoms. The van der Waals surface area contributed by atoms with Crippen molar-refractivity contribution >= 4 is 45.1 Å². The molecule has 25 heavy (non-hydrogen) atoms. The summed E-state index contributed by atoms with van der Waals surface area (Å²) in [6, 6.07) is 0.115. The number of aromatic nitrogens is 2. The molecular formula is C17H23ClN4O2S. The van der Waals surface area contributed by atoms with E-state index in [2.05, 4.69) is 25.6 Å². The number of halogens is 1. The van der Waals surface area contributed by atoms with E-state index in [0.29, 0.717) is 0 Å². The predicted molar refractivity (Wildman–Crippen MR) is 102 cm³/mol. The lowest BCUT2D eigenvalue weighted by atomic mass is 10.1. The Morgan fingerprint density at radius 2 is 2.04 bits per heavy atom. The van der Waals surface area contributed by atoms with Crippen LogP contribution in [-0.2, 0) is 4.74 Å². The molecule has 1 amide bonds. The fourth-order valence-corrected chi connectivity index (χ4v) is 4.08. The number of piperidine rings is 1. The first-order valence-corrected chi connectivity index (χ1v) is 9.64. The van der Waals surface area contributed by atoms with Gasteiger partial charge in [0, 0.05) is 19.1 Å². The van der Waals surface area contributed by atoms with Crippen LogP contribution in [0.2, 0.25) is 5.28 Å². The van der Waals surface area contributed by atoms with E-state index in [4.69, 9.17) is 16.3 Å². The Labute approximate surface area is 156 Å². The number of aryl methyl sites for hydroxylation is 1. The number of nitrogens with zero attached hydrogens (tertiary/aromatic N) is 3. The van der Waals surface area contributed by atoms with Gasteiger partial charge in [0.05, 0.1) is 10.2 Å². The van der Waals surface area contributed by atoms with Gasteiger partial charge < -0.3 is 15.0 Å². The van der Waals surface area contributed by atoms with Gasteiger partial charge in [0.2, 0.25) is 5.28 Å². The van der Waals surface area contributed by atoms with Crippen LogP contribution in [0.5, 0.6) is 0 Å². The molecule has 0 radical (unpaired) electrons. The first-order valence-electron chi connectivity index (χ1n) is 8.39. The zero-order valence-corrected chi connectivity index (χ0v) is 16.5. The largest absolute Gasteiger partial charge is 0.444 e. The summed E-state index contributed by atoms with van der Waals surface area (Å²) in [5.74, 6) is 0.892. The highest BCUT2D eigenvalue weighted by Crippen LogP contribution is 2.33. The van der Waals surface area contributed by atoms with Crippen molar-refractivity contribution in [3.63, 3.8) is 0 Å². The van der Waals surface area contributed by atoms with Crippen LogP contribution in [0.15, 0.2) is 5.38 Å². The van der Waals surface area contributed by atoms with Crippen LogP contribution >= 0.6 is 22.9 Å². The molecule has 0 spiro atoms. The number of thiophene rings is 1. The average Bonchev–Trinajstić information content (AvgIpc) is 2.87. The summed E-state index contributed by atoms with van der Waals surface area (Å²) in [6.07, 6.45) is 1.33. The Kier molecular flexibility index (Phi) is 5.06. The van der Waals surface area contributed by atoms with E-state index in [-0.39, 0.29) is 17.4 Å². The maximum absolute atomic E-state index is 11.9. The Morgan fingerprint density at radius 3 is 2.68 bits per heavy atom. The highest BCUT2D eigenvalue weighted by Gasteiger charge is 2.26. The van der Waals surface area contributed by atoms with Crippen molar-refractivity contribution in [2.45, 2.75) is 52.2 Å². The lowest BCUT2D eigenvalue weighted by Gasteiger charge is -2.33. The molecule has 3 rings (SSSR count). The molecule has 0 atom stereocenters. The van der Waals surface area contributed by atoms with Gasteiger partial charge in [-0.2, -0.15) is 4.98 Å². The molecule has 6 nitrogen and oxygen atoms in total. The molecule has 0 aliphatic carbocycles. The summed E-state index contributed by atoms with van der Waals surface area (Å²) in [6.45, 7) is 9.23. The van der Waals surface area contributed by atoms with Crippen LogP contribution in [0, 0.1) is 6.92 Å². The average molecular weight is 383 g/mol. The highest BCUT2D eigenvalue weighted by atomic mass is 35.5. The first kappa shape index (κ1) is 18.2. The van der Waals surface area contributed by atoms with Crippen molar-refractivity contribution in [1.29, 1.82) is 0 Å². The number of nitrogens with one attached hydrogen (secondary N) is 1. The number of carbonyl (C=O) groups is 1. The number of anilines is 1. The van der Waals surface area contributed by atoms with Crippen molar-refractivity contribution in [3.8, 4) is 0 Å². The fraction of sp³-hybridized carbons (Fsp3) is 0.588. The molecule has 136 valence electrons. The third-order valence-corrected chi connectivity index (χ3v) is 5.31. The van der Waals surface area contributed by atoms with E-state index in [0.717, 1.165) is 47.5 Å². The van der Waals surface area contributed by atoms with Gasteiger partial charge in [-0.05, 0) is 63.1 Å². The SMILES string of the molecule is Cc1csc2c(N3CCC(NC(=O)OC(C)(C)C)CC3)nc(Cl)nc12. The molecule has 3 heterocycles. The summed E-state index contributed by atoms with van der Waals surface area (Å²) in [4.78, 5) is 22.9. The van der Waals surface area contributed by atoms with Crippen LogP contribution in [0.4, 0.5) is 10.6 Å². The van der Waals surface area contributed by atoms with Crippen LogP contribution in [0.25, 0.3) is 10.2 Å². The molecule has 2 aromatic heterocycles. The minimum atomic E-state index is -0.481. The standard InChI is InChI=1S/C17H23ClN4O2S/c1-10-9-25-13-12(10)20-15(18)21-14(13)22-7-5-11(6-8-22)19-16(23)24-17(2,3)4/h9,11H,5-8H2,1-4H3,(H,19,23). The fourth-order valence-electron chi connectivity index (χ4n) is 2.92. The Morgan fingerprint density at radius 1 is 1.36 bits per heavy atom. The van der Waals surface area contributed by atoms with Crippen molar-refractivity contribution in [2.24, 2.45) is 0 Å². The van der Waals surface area contributed by atoms with E-state index >= 15 is 0 Å². The smallest absolute Gasteiger partial charge is 0.407 e. The van der Waals surface area contributed by atoms with Gasteiger partial charge >= 0.3 is 6.09 Å². The van der Waals surface area contributed by atoms with Crippen molar-refractivity contribution in [2.75, 3.05) is 18.0 Å². The Balaban J connectivity index is 1.66. The van der Waals surface area contributed by atoms with Crippen molar-refractivity contribution in [1.82, 2.24) is 15.3 Å². The van der Waals surface area contributed by atoms with Crippen molar-refractivity contribution in [3.05, 3.63) is 16.2 Å². The minimum Gasteiger partial charge on any atom is -0.444 e. The second-order valence-corrected chi connectivity index (χ2v) is 8.54. The summed E-state index contributed by atoms with van der Waals surface area (Å²) >= 11 is 7.76. The molecular weight excluding hydrogens is 360 g/mol.